The van der Waals surface area contributed by atoms with Gasteiger partial charge in [-0.15, -0.1) is 0 Å². The Morgan fingerprint density at radius 2 is 2.18 bits per heavy atom. The van der Waals surface area contributed by atoms with Crippen molar-refractivity contribution < 1.29 is 0 Å². The fraction of sp³-hybridized carbons (Fsp3) is 0.800. The first kappa shape index (κ1) is 8.79. The average molecular weight is 153 g/mol. The highest BCUT2D eigenvalue weighted by atomic mass is 15.0. The molecule has 1 saturated heterocycles. The van der Waals surface area contributed by atoms with Crippen molar-refractivity contribution in [3.8, 4) is 0 Å². The molecule has 0 bridgehead atoms. The first-order valence-corrected chi connectivity index (χ1v) is 4.74. The summed E-state index contributed by atoms with van der Waals surface area (Å²) in [5.41, 5.74) is 0. The molecule has 1 nitrogen and oxygen atoms in total. The number of hydrogen-bond donors (Lipinski definition) is 1. The molecule has 11 heavy (non-hydrogen) atoms. The molecule has 1 N–H and O–H groups in total. The molecule has 2 unspecified atom stereocenters. The van der Waals surface area contributed by atoms with E-state index < -0.39 is 0 Å². The molecule has 0 amide bonds. The molecule has 1 fully saturated rings. The van der Waals surface area contributed by atoms with Crippen LogP contribution in [-0.4, -0.2) is 12.1 Å². The van der Waals surface area contributed by atoms with E-state index in [0.29, 0.717) is 0 Å². The second-order valence-corrected chi connectivity index (χ2v) is 3.46. The van der Waals surface area contributed by atoms with E-state index in [1.54, 1.807) is 0 Å². The minimum Gasteiger partial charge on any atom is -0.311 e. The van der Waals surface area contributed by atoms with Crippen LogP contribution in [0.4, 0.5) is 0 Å². The second-order valence-electron chi connectivity index (χ2n) is 3.46. The number of rotatable bonds is 3. The molecule has 0 aromatic carbocycles. The van der Waals surface area contributed by atoms with Crippen molar-refractivity contribution in [3.63, 3.8) is 0 Å². The molecule has 1 heteroatoms. The van der Waals surface area contributed by atoms with Gasteiger partial charge in [0.05, 0.1) is 0 Å². The molecule has 0 aromatic rings. The molecule has 0 saturated carbocycles. The zero-order valence-electron chi connectivity index (χ0n) is 7.64. The van der Waals surface area contributed by atoms with Gasteiger partial charge in [0.2, 0.25) is 0 Å². The Balaban J connectivity index is 2.13. The zero-order chi connectivity index (χ0) is 8.10. The van der Waals surface area contributed by atoms with Crippen molar-refractivity contribution in [2.75, 3.05) is 0 Å². The standard InChI is InChI=1S/C10H19N/c1-3-4-5-6-10-8-7-9(2)11-10/h4-5,9-11H,3,6-8H2,1-2H3/b5-4+. The van der Waals surface area contributed by atoms with E-state index in [0.717, 1.165) is 12.1 Å². The maximum atomic E-state index is 3.56. The molecular weight excluding hydrogens is 134 g/mol. The summed E-state index contributed by atoms with van der Waals surface area (Å²) < 4.78 is 0. The highest BCUT2D eigenvalue weighted by Crippen LogP contribution is 2.14. The van der Waals surface area contributed by atoms with E-state index in [9.17, 15) is 0 Å². The van der Waals surface area contributed by atoms with Crippen LogP contribution in [0.1, 0.15) is 39.5 Å². The smallest absolute Gasteiger partial charge is 0.0105 e. The number of nitrogens with one attached hydrogen (secondary N) is 1. The SMILES string of the molecule is CC/C=C/CC1CCC(C)N1. The van der Waals surface area contributed by atoms with E-state index in [4.69, 9.17) is 0 Å². The average Bonchev–Trinajstić information content (AvgIpc) is 2.37. The predicted octanol–water partition coefficient (Wildman–Crippen LogP) is 2.48. The van der Waals surface area contributed by atoms with Gasteiger partial charge in [-0.1, -0.05) is 19.1 Å². The Hall–Kier alpha value is -0.300. The molecule has 1 aliphatic heterocycles. The molecule has 64 valence electrons. The molecule has 1 aliphatic rings. The predicted molar refractivity (Wildman–Crippen MR) is 49.7 cm³/mol. The van der Waals surface area contributed by atoms with E-state index in [-0.39, 0.29) is 0 Å². The summed E-state index contributed by atoms with van der Waals surface area (Å²) in [6.07, 6.45) is 9.65. The maximum absolute atomic E-state index is 3.56. The normalized spacial score (nSPS) is 31.8. The summed E-state index contributed by atoms with van der Waals surface area (Å²) in [5, 5.41) is 3.56. The van der Waals surface area contributed by atoms with Crippen LogP contribution in [0.5, 0.6) is 0 Å². The second kappa shape index (κ2) is 4.55. The topological polar surface area (TPSA) is 12.0 Å². The first-order valence-electron chi connectivity index (χ1n) is 4.74. The van der Waals surface area contributed by atoms with Gasteiger partial charge in [-0.05, 0) is 32.6 Å². The highest BCUT2D eigenvalue weighted by Gasteiger charge is 2.17. The fourth-order valence-electron chi connectivity index (χ4n) is 1.63. The molecule has 1 rings (SSSR count). The van der Waals surface area contributed by atoms with E-state index in [1.165, 1.54) is 25.7 Å². The maximum Gasteiger partial charge on any atom is 0.0105 e. The molecule has 0 spiro atoms. The summed E-state index contributed by atoms with van der Waals surface area (Å²) in [5.74, 6) is 0. The Kier molecular flexibility index (Phi) is 3.64. The molecule has 0 radical (unpaired) electrons. The van der Waals surface area contributed by atoms with Gasteiger partial charge in [-0.3, -0.25) is 0 Å². The Labute approximate surface area is 69.9 Å². The van der Waals surface area contributed by atoms with Gasteiger partial charge < -0.3 is 5.32 Å². The molecule has 1 heterocycles. The molecular formula is C10H19N. The Morgan fingerprint density at radius 3 is 2.73 bits per heavy atom. The van der Waals surface area contributed by atoms with Crippen LogP contribution in [0.3, 0.4) is 0 Å². The van der Waals surface area contributed by atoms with E-state index in [1.807, 2.05) is 0 Å². The van der Waals surface area contributed by atoms with Crippen LogP contribution >= 0.6 is 0 Å². The van der Waals surface area contributed by atoms with Crippen molar-refractivity contribution >= 4 is 0 Å². The lowest BCUT2D eigenvalue weighted by Gasteiger charge is -2.07. The van der Waals surface area contributed by atoms with Crippen molar-refractivity contribution in [2.24, 2.45) is 0 Å². The minimum absolute atomic E-state index is 0.745. The minimum atomic E-state index is 0.745. The third-order valence-electron chi connectivity index (χ3n) is 2.29. The van der Waals surface area contributed by atoms with Gasteiger partial charge in [-0.2, -0.15) is 0 Å². The third-order valence-corrected chi connectivity index (χ3v) is 2.29. The molecule has 2 atom stereocenters. The van der Waals surface area contributed by atoms with Crippen LogP contribution in [0, 0.1) is 0 Å². The van der Waals surface area contributed by atoms with Crippen molar-refractivity contribution in [1.29, 1.82) is 0 Å². The molecule has 0 aromatic heterocycles. The summed E-state index contributed by atoms with van der Waals surface area (Å²) >= 11 is 0. The summed E-state index contributed by atoms with van der Waals surface area (Å²) in [4.78, 5) is 0. The largest absolute Gasteiger partial charge is 0.311 e. The monoisotopic (exact) mass is 153 g/mol. The number of hydrogen-bond acceptors (Lipinski definition) is 1. The van der Waals surface area contributed by atoms with Crippen molar-refractivity contribution in [3.05, 3.63) is 12.2 Å². The van der Waals surface area contributed by atoms with Gasteiger partial charge in [-0.25, -0.2) is 0 Å². The lowest BCUT2D eigenvalue weighted by molar-refractivity contribution is 0.566. The van der Waals surface area contributed by atoms with Gasteiger partial charge in [0.25, 0.3) is 0 Å². The summed E-state index contributed by atoms with van der Waals surface area (Å²) in [6.45, 7) is 4.45. The first-order chi connectivity index (χ1) is 5.33. The zero-order valence-corrected chi connectivity index (χ0v) is 7.64. The van der Waals surface area contributed by atoms with Crippen LogP contribution in [0.15, 0.2) is 12.2 Å². The lowest BCUT2D eigenvalue weighted by atomic mass is 10.1. The van der Waals surface area contributed by atoms with Crippen LogP contribution in [0.2, 0.25) is 0 Å². The summed E-state index contributed by atoms with van der Waals surface area (Å²) in [6, 6.07) is 1.50. The van der Waals surface area contributed by atoms with E-state index in [2.05, 4.69) is 31.3 Å². The Morgan fingerprint density at radius 1 is 1.36 bits per heavy atom. The van der Waals surface area contributed by atoms with Gasteiger partial charge in [0.1, 0.15) is 0 Å². The Bertz CT molecular complexity index is 129. The van der Waals surface area contributed by atoms with Crippen LogP contribution in [0.25, 0.3) is 0 Å². The number of allylic oxidation sites excluding steroid dienone is 1. The van der Waals surface area contributed by atoms with Gasteiger partial charge in [0.15, 0.2) is 0 Å². The summed E-state index contributed by atoms with van der Waals surface area (Å²) in [7, 11) is 0. The molecule has 0 aliphatic carbocycles. The van der Waals surface area contributed by atoms with E-state index >= 15 is 0 Å². The van der Waals surface area contributed by atoms with Crippen molar-refractivity contribution in [1.82, 2.24) is 5.32 Å². The highest BCUT2D eigenvalue weighted by molar-refractivity contribution is 4.89. The fourth-order valence-corrected chi connectivity index (χ4v) is 1.63. The van der Waals surface area contributed by atoms with Crippen LogP contribution < -0.4 is 5.32 Å². The lowest BCUT2D eigenvalue weighted by Crippen LogP contribution is -2.26. The van der Waals surface area contributed by atoms with Crippen molar-refractivity contribution in [2.45, 2.75) is 51.6 Å². The van der Waals surface area contributed by atoms with Gasteiger partial charge in [0, 0.05) is 12.1 Å². The quantitative estimate of drug-likeness (QED) is 0.614. The van der Waals surface area contributed by atoms with Crippen LogP contribution in [-0.2, 0) is 0 Å². The third kappa shape index (κ3) is 3.06. The van der Waals surface area contributed by atoms with Gasteiger partial charge >= 0.3 is 0 Å².